The van der Waals surface area contributed by atoms with Gasteiger partial charge in [-0.15, -0.1) is 11.3 Å². The Labute approximate surface area is 65.3 Å². The van der Waals surface area contributed by atoms with Crippen molar-refractivity contribution in [2.45, 2.75) is 25.9 Å². The van der Waals surface area contributed by atoms with Gasteiger partial charge in [-0.3, -0.25) is 0 Å². The Bertz CT molecular complexity index is 184. The molecule has 1 nitrogen and oxygen atoms in total. The smallest absolute Gasteiger partial charge is 0.0639 e. The van der Waals surface area contributed by atoms with Gasteiger partial charge >= 0.3 is 0 Å². The van der Waals surface area contributed by atoms with Gasteiger partial charge in [0.05, 0.1) is 5.60 Å². The molecule has 0 saturated carbocycles. The van der Waals surface area contributed by atoms with E-state index in [4.69, 9.17) is 0 Å². The second-order valence-electron chi connectivity index (χ2n) is 3.07. The number of hydrogen-bond donors (Lipinski definition) is 1. The average molecular weight is 156 g/mol. The van der Waals surface area contributed by atoms with Crippen LogP contribution in [0.1, 0.15) is 18.7 Å². The summed E-state index contributed by atoms with van der Waals surface area (Å²) < 4.78 is 0. The van der Waals surface area contributed by atoms with Gasteiger partial charge in [0.15, 0.2) is 0 Å². The molecular formula is C8H12OS. The van der Waals surface area contributed by atoms with E-state index in [1.54, 1.807) is 11.3 Å². The highest BCUT2D eigenvalue weighted by Crippen LogP contribution is 2.16. The van der Waals surface area contributed by atoms with Crippen LogP contribution >= 0.6 is 11.3 Å². The Morgan fingerprint density at radius 1 is 1.60 bits per heavy atom. The molecule has 0 fully saturated rings. The third-order valence-electron chi connectivity index (χ3n) is 1.19. The van der Waals surface area contributed by atoms with Crippen LogP contribution in [0.2, 0.25) is 0 Å². The summed E-state index contributed by atoms with van der Waals surface area (Å²) in [5.41, 5.74) is -0.565. The molecular weight excluding hydrogens is 144 g/mol. The van der Waals surface area contributed by atoms with Gasteiger partial charge in [0, 0.05) is 11.3 Å². The number of rotatable bonds is 2. The van der Waals surface area contributed by atoms with E-state index < -0.39 is 5.60 Å². The van der Waals surface area contributed by atoms with E-state index in [9.17, 15) is 5.11 Å². The van der Waals surface area contributed by atoms with Crippen molar-refractivity contribution in [2.75, 3.05) is 0 Å². The second kappa shape index (κ2) is 2.72. The highest BCUT2D eigenvalue weighted by Gasteiger charge is 2.13. The molecule has 0 saturated heterocycles. The molecule has 0 aliphatic carbocycles. The van der Waals surface area contributed by atoms with Crippen molar-refractivity contribution >= 4 is 11.3 Å². The molecule has 1 aromatic heterocycles. The molecule has 1 rings (SSSR count). The Morgan fingerprint density at radius 3 is 2.70 bits per heavy atom. The fraction of sp³-hybridized carbons (Fsp3) is 0.500. The van der Waals surface area contributed by atoms with Crippen LogP contribution in [-0.4, -0.2) is 10.7 Å². The van der Waals surface area contributed by atoms with Crippen LogP contribution in [0, 0.1) is 0 Å². The first-order chi connectivity index (χ1) is 4.58. The van der Waals surface area contributed by atoms with Crippen LogP contribution in [0.25, 0.3) is 0 Å². The molecule has 0 bridgehead atoms. The van der Waals surface area contributed by atoms with E-state index in [0.29, 0.717) is 0 Å². The van der Waals surface area contributed by atoms with Crippen molar-refractivity contribution in [1.82, 2.24) is 0 Å². The highest BCUT2D eigenvalue weighted by molar-refractivity contribution is 7.09. The lowest BCUT2D eigenvalue weighted by molar-refractivity contribution is 0.0818. The topological polar surface area (TPSA) is 20.2 Å². The zero-order valence-electron chi connectivity index (χ0n) is 6.29. The minimum atomic E-state index is -0.565. The Balaban J connectivity index is 2.57. The summed E-state index contributed by atoms with van der Waals surface area (Å²) >= 11 is 1.69. The average Bonchev–Trinajstić information content (AvgIpc) is 2.12. The molecule has 0 aromatic carbocycles. The number of hydrogen-bond acceptors (Lipinski definition) is 2. The molecule has 56 valence electrons. The molecule has 0 amide bonds. The summed E-state index contributed by atoms with van der Waals surface area (Å²) in [6.07, 6.45) is 0.755. The van der Waals surface area contributed by atoms with Gasteiger partial charge in [0.1, 0.15) is 0 Å². The lowest BCUT2D eigenvalue weighted by Crippen LogP contribution is -2.20. The predicted octanol–water partition coefficient (Wildman–Crippen LogP) is 2.06. The minimum absolute atomic E-state index is 0.565. The van der Waals surface area contributed by atoms with Crippen molar-refractivity contribution in [3.63, 3.8) is 0 Å². The summed E-state index contributed by atoms with van der Waals surface area (Å²) in [6, 6.07) is 4.05. The van der Waals surface area contributed by atoms with E-state index in [0.717, 1.165) is 6.42 Å². The van der Waals surface area contributed by atoms with Crippen molar-refractivity contribution in [3.05, 3.63) is 22.4 Å². The van der Waals surface area contributed by atoms with E-state index in [1.165, 1.54) is 4.88 Å². The summed E-state index contributed by atoms with van der Waals surface area (Å²) in [7, 11) is 0. The molecule has 0 spiro atoms. The minimum Gasteiger partial charge on any atom is -0.390 e. The zero-order valence-corrected chi connectivity index (χ0v) is 7.11. The van der Waals surface area contributed by atoms with E-state index >= 15 is 0 Å². The predicted molar refractivity (Wildman–Crippen MR) is 44.3 cm³/mol. The van der Waals surface area contributed by atoms with Crippen LogP contribution in [0.3, 0.4) is 0 Å². The van der Waals surface area contributed by atoms with Crippen LogP contribution in [0.15, 0.2) is 17.5 Å². The lowest BCUT2D eigenvalue weighted by Gasteiger charge is -2.14. The Morgan fingerprint density at radius 2 is 2.30 bits per heavy atom. The second-order valence-corrected chi connectivity index (χ2v) is 4.10. The molecule has 0 radical (unpaired) electrons. The van der Waals surface area contributed by atoms with Gasteiger partial charge in [-0.1, -0.05) is 6.07 Å². The number of thiophene rings is 1. The van der Waals surface area contributed by atoms with E-state index in [1.807, 2.05) is 31.4 Å². The highest BCUT2D eigenvalue weighted by atomic mass is 32.1. The zero-order chi connectivity index (χ0) is 7.61. The summed E-state index contributed by atoms with van der Waals surface area (Å²) in [5, 5.41) is 11.4. The first-order valence-electron chi connectivity index (χ1n) is 3.33. The molecule has 1 N–H and O–H groups in total. The van der Waals surface area contributed by atoms with Gasteiger partial charge in [0.2, 0.25) is 0 Å². The standard InChI is InChI=1S/C8H12OS/c1-8(2,9)6-7-4-3-5-10-7/h3-5,9H,6H2,1-2H3. The molecule has 1 heterocycles. The third-order valence-corrected chi connectivity index (χ3v) is 2.06. The van der Waals surface area contributed by atoms with Gasteiger partial charge in [0.25, 0.3) is 0 Å². The van der Waals surface area contributed by atoms with Gasteiger partial charge < -0.3 is 5.11 Å². The first kappa shape index (κ1) is 7.76. The molecule has 1 aromatic rings. The molecule has 0 unspecified atom stereocenters. The van der Waals surface area contributed by atoms with Crippen molar-refractivity contribution in [1.29, 1.82) is 0 Å². The largest absolute Gasteiger partial charge is 0.390 e. The molecule has 0 aliphatic heterocycles. The normalized spacial score (nSPS) is 11.9. The SMILES string of the molecule is CC(C)(O)Cc1cccs1. The van der Waals surface area contributed by atoms with Gasteiger partial charge in [-0.25, -0.2) is 0 Å². The van der Waals surface area contributed by atoms with Crippen LogP contribution in [-0.2, 0) is 6.42 Å². The Kier molecular flexibility index (Phi) is 2.11. The monoisotopic (exact) mass is 156 g/mol. The lowest BCUT2D eigenvalue weighted by atomic mass is 10.1. The van der Waals surface area contributed by atoms with Crippen LogP contribution in [0.5, 0.6) is 0 Å². The van der Waals surface area contributed by atoms with Crippen molar-refractivity contribution in [3.8, 4) is 0 Å². The van der Waals surface area contributed by atoms with Crippen LogP contribution < -0.4 is 0 Å². The van der Waals surface area contributed by atoms with Gasteiger partial charge in [-0.05, 0) is 25.3 Å². The maximum atomic E-state index is 9.40. The fourth-order valence-corrected chi connectivity index (χ4v) is 1.77. The summed E-state index contributed by atoms with van der Waals surface area (Å²) in [4.78, 5) is 1.24. The van der Waals surface area contributed by atoms with E-state index in [2.05, 4.69) is 0 Å². The van der Waals surface area contributed by atoms with Crippen LogP contribution in [0.4, 0.5) is 0 Å². The first-order valence-corrected chi connectivity index (χ1v) is 4.21. The Hall–Kier alpha value is -0.340. The molecule has 2 heteroatoms. The fourth-order valence-electron chi connectivity index (χ4n) is 0.840. The third kappa shape index (κ3) is 2.50. The quantitative estimate of drug-likeness (QED) is 0.695. The maximum Gasteiger partial charge on any atom is 0.0639 e. The molecule has 10 heavy (non-hydrogen) atoms. The van der Waals surface area contributed by atoms with Crippen molar-refractivity contribution in [2.24, 2.45) is 0 Å². The molecule has 0 aliphatic rings. The molecule has 0 atom stereocenters. The summed E-state index contributed by atoms with van der Waals surface area (Å²) in [6.45, 7) is 3.65. The van der Waals surface area contributed by atoms with Gasteiger partial charge in [-0.2, -0.15) is 0 Å². The van der Waals surface area contributed by atoms with E-state index in [-0.39, 0.29) is 0 Å². The summed E-state index contributed by atoms with van der Waals surface area (Å²) in [5.74, 6) is 0. The van der Waals surface area contributed by atoms with Crippen molar-refractivity contribution < 1.29 is 5.11 Å². The maximum absolute atomic E-state index is 9.40. The number of aliphatic hydroxyl groups is 1.